The van der Waals surface area contributed by atoms with Crippen molar-refractivity contribution in [3.8, 4) is 0 Å². The van der Waals surface area contributed by atoms with E-state index in [1.807, 2.05) is 4.90 Å². The van der Waals surface area contributed by atoms with E-state index >= 15 is 0 Å². The number of likely N-dealkylation sites (tertiary alicyclic amines) is 1. The molecule has 1 saturated carbocycles. The van der Waals surface area contributed by atoms with Gasteiger partial charge in [-0.2, -0.15) is 0 Å². The van der Waals surface area contributed by atoms with E-state index in [1.165, 1.54) is 0 Å². The molecule has 7 nitrogen and oxygen atoms in total. The van der Waals surface area contributed by atoms with Gasteiger partial charge in [0.05, 0.1) is 33.0 Å². The SMILES string of the molecule is O=C1CCC[C@@H]1[C@H]1COCCN1CC(=O)N1CCC2(CC1)OCCO2. The van der Waals surface area contributed by atoms with Gasteiger partial charge in [0.25, 0.3) is 0 Å². The molecule has 1 aliphatic carbocycles. The molecule has 4 aliphatic rings. The standard InChI is InChI=1S/C18H28N2O5/c21-16-3-1-2-14(16)15-13-23-9-8-20(15)12-17(22)19-6-4-18(5-7-19)24-10-11-25-18/h14-15H,1-13H2/t14-,15-/m1/s1. The highest BCUT2D eigenvalue weighted by atomic mass is 16.7. The molecule has 3 aliphatic heterocycles. The van der Waals surface area contributed by atoms with Crippen LogP contribution in [0.3, 0.4) is 0 Å². The Bertz CT molecular complexity index is 510. The summed E-state index contributed by atoms with van der Waals surface area (Å²) in [4.78, 5) is 29.0. The Morgan fingerprint density at radius 3 is 2.56 bits per heavy atom. The van der Waals surface area contributed by atoms with Crippen LogP contribution in [0.15, 0.2) is 0 Å². The van der Waals surface area contributed by atoms with Crippen LogP contribution in [0.25, 0.3) is 0 Å². The zero-order chi connectivity index (χ0) is 17.3. The highest BCUT2D eigenvalue weighted by Gasteiger charge is 2.42. The minimum Gasteiger partial charge on any atom is -0.378 e. The van der Waals surface area contributed by atoms with Crippen LogP contribution in [0.1, 0.15) is 32.1 Å². The second-order valence-corrected chi connectivity index (χ2v) is 7.57. The number of hydrogen-bond donors (Lipinski definition) is 0. The minimum absolute atomic E-state index is 0.0398. The van der Waals surface area contributed by atoms with Crippen LogP contribution < -0.4 is 0 Å². The van der Waals surface area contributed by atoms with Crippen LogP contribution in [-0.2, 0) is 23.8 Å². The van der Waals surface area contributed by atoms with Gasteiger partial charge in [-0.15, -0.1) is 0 Å². The van der Waals surface area contributed by atoms with Gasteiger partial charge in [0, 0.05) is 50.9 Å². The van der Waals surface area contributed by atoms with Crippen molar-refractivity contribution < 1.29 is 23.8 Å². The minimum atomic E-state index is -0.450. The molecule has 140 valence electrons. The zero-order valence-electron chi connectivity index (χ0n) is 14.8. The van der Waals surface area contributed by atoms with Gasteiger partial charge < -0.3 is 19.1 Å². The fraction of sp³-hybridized carbons (Fsp3) is 0.889. The molecule has 1 amide bonds. The van der Waals surface area contributed by atoms with Crippen molar-refractivity contribution in [3.05, 3.63) is 0 Å². The lowest BCUT2D eigenvalue weighted by molar-refractivity contribution is -0.188. The smallest absolute Gasteiger partial charge is 0.236 e. The Morgan fingerprint density at radius 1 is 1.12 bits per heavy atom. The number of ketones is 1. The third-order valence-electron chi connectivity index (χ3n) is 6.13. The highest BCUT2D eigenvalue weighted by molar-refractivity contribution is 5.84. The van der Waals surface area contributed by atoms with E-state index in [1.54, 1.807) is 0 Å². The molecule has 3 heterocycles. The van der Waals surface area contributed by atoms with Crippen LogP contribution in [0.2, 0.25) is 0 Å². The van der Waals surface area contributed by atoms with E-state index in [-0.39, 0.29) is 17.9 Å². The average Bonchev–Trinajstić information content (AvgIpc) is 3.25. The Labute approximate surface area is 148 Å². The van der Waals surface area contributed by atoms with Gasteiger partial charge in [-0.25, -0.2) is 0 Å². The van der Waals surface area contributed by atoms with Crippen LogP contribution in [0.4, 0.5) is 0 Å². The van der Waals surface area contributed by atoms with Crippen LogP contribution >= 0.6 is 0 Å². The van der Waals surface area contributed by atoms with Crippen molar-refractivity contribution in [3.63, 3.8) is 0 Å². The van der Waals surface area contributed by atoms with Crippen LogP contribution in [0, 0.1) is 5.92 Å². The fourth-order valence-electron chi connectivity index (χ4n) is 4.63. The summed E-state index contributed by atoms with van der Waals surface area (Å²) >= 11 is 0. The number of ether oxygens (including phenoxy) is 3. The number of hydrogen-bond acceptors (Lipinski definition) is 6. The molecule has 7 heteroatoms. The molecule has 4 fully saturated rings. The molecule has 0 aromatic rings. The second-order valence-electron chi connectivity index (χ2n) is 7.57. The number of carbonyl (C=O) groups excluding carboxylic acids is 2. The summed E-state index contributed by atoms with van der Waals surface area (Å²) in [5.74, 6) is 0.0701. The number of amides is 1. The van der Waals surface area contributed by atoms with E-state index in [9.17, 15) is 9.59 Å². The van der Waals surface area contributed by atoms with Crippen molar-refractivity contribution in [2.45, 2.75) is 43.9 Å². The molecule has 0 N–H and O–H groups in total. The first-order chi connectivity index (χ1) is 12.2. The molecule has 2 atom stereocenters. The molecule has 3 saturated heterocycles. The zero-order valence-corrected chi connectivity index (χ0v) is 14.8. The first-order valence-corrected chi connectivity index (χ1v) is 9.57. The van der Waals surface area contributed by atoms with Crippen molar-refractivity contribution >= 4 is 11.7 Å². The molecular weight excluding hydrogens is 324 g/mol. The summed E-state index contributed by atoms with van der Waals surface area (Å²) < 4.78 is 17.1. The first kappa shape index (κ1) is 17.4. The molecule has 0 radical (unpaired) electrons. The third kappa shape index (κ3) is 3.60. The molecule has 0 unspecified atom stereocenters. The first-order valence-electron chi connectivity index (χ1n) is 9.57. The lowest BCUT2D eigenvalue weighted by Crippen LogP contribution is -2.55. The van der Waals surface area contributed by atoms with Crippen LogP contribution in [0.5, 0.6) is 0 Å². The predicted octanol–water partition coefficient (Wildman–Crippen LogP) is 0.422. The van der Waals surface area contributed by atoms with Gasteiger partial charge in [0.15, 0.2) is 5.79 Å². The molecule has 0 aromatic carbocycles. The number of carbonyl (C=O) groups is 2. The maximum absolute atomic E-state index is 12.8. The van der Waals surface area contributed by atoms with E-state index < -0.39 is 5.79 Å². The van der Waals surface area contributed by atoms with Gasteiger partial charge in [-0.1, -0.05) is 0 Å². The summed E-state index contributed by atoms with van der Waals surface area (Å²) in [6, 6.07) is 0.0605. The van der Waals surface area contributed by atoms with Crippen molar-refractivity contribution in [2.24, 2.45) is 5.92 Å². The van der Waals surface area contributed by atoms with Crippen molar-refractivity contribution in [2.75, 3.05) is 52.6 Å². The number of Topliss-reactive ketones (excluding diaryl/α,β-unsaturated/α-hetero) is 1. The Balaban J connectivity index is 1.33. The van der Waals surface area contributed by atoms with E-state index in [4.69, 9.17) is 14.2 Å². The summed E-state index contributed by atoms with van der Waals surface area (Å²) in [6.07, 6.45) is 4.06. The van der Waals surface area contributed by atoms with Gasteiger partial charge in [0.1, 0.15) is 5.78 Å². The highest BCUT2D eigenvalue weighted by Crippen LogP contribution is 2.32. The quantitative estimate of drug-likeness (QED) is 0.733. The topological polar surface area (TPSA) is 68.3 Å². The number of rotatable bonds is 3. The Morgan fingerprint density at radius 2 is 1.88 bits per heavy atom. The van der Waals surface area contributed by atoms with Gasteiger partial charge in [0.2, 0.25) is 5.91 Å². The fourth-order valence-corrected chi connectivity index (χ4v) is 4.63. The predicted molar refractivity (Wildman–Crippen MR) is 89.0 cm³/mol. The lowest BCUT2D eigenvalue weighted by atomic mass is 9.95. The molecule has 25 heavy (non-hydrogen) atoms. The van der Waals surface area contributed by atoms with Gasteiger partial charge >= 0.3 is 0 Å². The van der Waals surface area contributed by atoms with Crippen LogP contribution in [-0.4, -0.2) is 85.9 Å². The molecule has 4 rings (SSSR count). The summed E-state index contributed by atoms with van der Waals surface area (Å²) in [5, 5.41) is 0. The normalized spacial score (nSPS) is 33.3. The van der Waals surface area contributed by atoms with E-state index in [2.05, 4.69) is 4.90 Å². The molecular formula is C18H28N2O5. The number of piperidine rings is 1. The van der Waals surface area contributed by atoms with Crippen molar-refractivity contribution in [1.29, 1.82) is 0 Å². The van der Waals surface area contributed by atoms with Gasteiger partial charge in [-0.3, -0.25) is 14.5 Å². The average molecular weight is 352 g/mol. The summed E-state index contributed by atoms with van der Waals surface area (Å²) in [6.45, 7) is 4.96. The second kappa shape index (κ2) is 7.31. The van der Waals surface area contributed by atoms with Crippen molar-refractivity contribution in [1.82, 2.24) is 9.80 Å². The largest absolute Gasteiger partial charge is 0.378 e. The molecule has 1 spiro atoms. The number of nitrogens with zero attached hydrogens (tertiary/aromatic N) is 2. The van der Waals surface area contributed by atoms with Gasteiger partial charge in [-0.05, 0) is 12.8 Å². The maximum atomic E-state index is 12.8. The van der Waals surface area contributed by atoms with E-state index in [0.717, 1.165) is 32.2 Å². The monoisotopic (exact) mass is 352 g/mol. The molecule has 0 aromatic heterocycles. The third-order valence-corrected chi connectivity index (χ3v) is 6.13. The maximum Gasteiger partial charge on any atom is 0.236 e. The number of morpholine rings is 1. The molecule has 0 bridgehead atoms. The Kier molecular flexibility index (Phi) is 5.08. The Hall–Kier alpha value is -1.02. The summed E-state index contributed by atoms with van der Waals surface area (Å²) in [5.41, 5.74) is 0. The lowest BCUT2D eigenvalue weighted by Gasteiger charge is -2.41. The summed E-state index contributed by atoms with van der Waals surface area (Å²) in [7, 11) is 0. The van der Waals surface area contributed by atoms with E-state index in [0.29, 0.717) is 58.3 Å².